The van der Waals surface area contributed by atoms with E-state index in [0.29, 0.717) is 0 Å². The molecule has 0 fully saturated rings. The Morgan fingerprint density at radius 1 is 1.47 bits per heavy atom. The molecule has 2 N–H and O–H groups in total. The standard InChI is InChI=1S/C10H20NO5P/c1-5-6-10(9(12)13,11(2,3)4)7-8-17(14,15)16/h5H,1,6-8H2,2-4H3,(H2-,12,13,14,15,16). The van der Waals surface area contributed by atoms with Gasteiger partial charge in [-0.2, -0.15) is 0 Å². The molecule has 6 nitrogen and oxygen atoms in total. The maximum Gasteiger partial charge on any atom is 0.325 e. The summed E-state index contributed by atoms with van der Waals surface area (Å²) in [5.74, 6) is -1.32. The van der Waals surface area contributed by atoms with Gasteiger partial charge >= 0.3 is 7.60 Å². The van der Waals surface area contributed by atoms with Crippen molar-refractivity contribution >= 4 is 13.6 Å². The first-order valence-electron chi connectivity index (χ1n) is 5.15. The molecule has 0 bridgehead atoms. The highest BCUT2D eigenvalue weighted by Crippen LogP contribution is 2.39. The summed E-state index contributed by atoms with van der Waals surface area (Å²) in [5, 5.41) is 11.3. The van der Waals surface area contributed by atoms with Crippen LogP contribution in [-0.4, -0.2) is 53.1 Å². The number of quaternary nitrogens is 1. The monoisotopic (exact) mass is 265 g/mol. The van der Waals surface area contributed by atoms with Crippen molar-refractivity contribution in [2.75, 3.05) is 27.3 Å². The summed E-state index contributed by atoms with van der Waals surface area (Å²) in [6.07, 6.45) is 0.886. The molecular formula is C10H20NO5P. The molecule has 1 unspecified atom stereocenters. The fraction of sp³-hybridized carbons (Fsp3) is 0.700. The number of carboxylic acid groups (broad SMARTS) is 1. The number of nitrogens with zero attached hydrogens (tertiary/aromatic N) is 1. The average Bonchev–Trinajstić information content (AvgIpc) is 2.07. The van der Waals surface area contributed by atoms with Crippen LogP contribution in [0.25, 0.3) is 0 Å². The van der Waals surface area contributed by atoms with Gasteiger partial charge in [-0.1, -0.05) is 6.08 Å². The molecule has 0 aromatic rings. The maximum absolute atomic E-state index is 11.3. The molecule has 0 aliphatic carbocycles. The van der Waals surface area contributed by atoms with Crippen LogP contribution in [0.3, 0.4) is 0 Å². The lowest BCUT2D eigenvalue weighted by Crippen LogP contribution is -2.66. The van der Waals surface area contributed by atoms with Crippen molar-refractivity contribution in [1.82, 2.24) is 0 Å². The summed E-state index contributed by atoms with van der Waals surface area (Å²) in [6, 6.07) is 0. The number of hydrogen-bond donors (Lipinski definition) is 2. The fourth-order valence-electron chi connectivity index (χ4n) is 1.74. The van der Waals surface area contributed by atoms with Crippen LogP contribution >= 0.6 is 7.60 Å². The second-order valence-corrected chi connectivity index (χ2v) is 6.74. The third kappa shape index (κ3) is 4.24. The summed E-state index contributed by atoms with van der Waals surface area (Å²) < 4.78 is 10.9. The first-order chi connectivity index (χ1) is 7.46. The van der Waals surface area contributed by atoms with Gasteiger partial charge in [-0.25, -0.2) is 0 Å². The van der Waals surface area contributed by atoms with Crippen molar-refractivity contribution in [2.45, 2.75) is 18.4 Å². The van der Waals surface area contributed by atoms with Gasteiger partial charge in [-0.05, 0) is 0 Å². The van der Waals surface area contributed by atoms with Gasteiger partial charge in [-0.15, -0.1) is 6.58 Å². The van der Waals surface area contributed by atoms with E-state index in [1.165, 1.54) is 6.08 Å². The number of rotatable bonds is 7. The molecule has 0 radical (unpaired) electrons. The van der Waals surface area contributed by atoms with Gasteiger partial charge in [0.1, 0.15) is 11.5 Å². The number of aliphatic carboxylic acids is 1. The summed E-state index contributed by atoms with van der Waals surface area (Å²) in [5.41, 5.74) is -1.37. The van der Waals surface area contributed by atoms with Crippen LogP contribution in [-0.2, 0) is 9.36 Å². The molecular weight excluding hydrogens is 245 g/mol. The Labute approximate surface area is 101 Å². The average molecular weight is 265 g/mol. The molecule has 0 rings (SSSR count). The van der Waals surface area contributed by atoms with Crippen LogP contribution in [0.1, 0.15) is 12.8 Å². The van der Waals surface area contributed by atoms with E-state index in [-0.39, 0.29) is 17.3 Å². The van der Waals surface area contributed by atoms with E-state index in [9.17, 15) is 14.5 Å². The summed E-state index contributed by atoms with van der Waals surface area (Å²) in [6.45, 7) is 3.49. The van der Waals surface area contributed by atoms with Gasteiger partial charge < -0.3 is 24.2 Å². The normalized spacial score (nSPS) is 16.3. The highest BCUT2D eigenvalue weighted by atomic mass is 31.2. The van der Waals surface area contributed by atoms with Crippen LogP contribution < -0.4 is 5.11 Å². The molecule has 0 aliphatic heterocycles. The van der Waals surface area contributed by atoms with Crippen molar-refractivity contribution in [3.8, 4) is 0 Å². The Bertz CT molecular complexity index is 343. The third-order valence-corrected chi connectivity index (χ3v) is 3.77. The maximum atomic E-state index is 11.3. The summed E-state index contributed by atoms with van der Waals surface area (Å²) in [7, 11) is 0.725. The second kappa shape index (κ2) is 5.31. The number of hydrogen-bond acceptors (Lipinski definition) is 3. The van der Waals surface area contributed by atoms with Gasteiger partial charge in [0.05, 0.1) is 27.3 Å². The van der Waals surface area contributed by atoms with E-state index < -0.39 is 25.3 Å². The van der Waals surface area contributed by atoms with E-state index >= 15 is 0 Å². The predicted octanol–water partition coefficient (Wildman–Crippen LogP) is -0.675. The Hall–Kier alpha value is -0.680. The van der Waals surface area contributed by atoms with Crippen LogP contribution in [0.4, 0.5) is 0 Å². The van der Waals surface area contributed by atoms with Crippen molar-refractivity contribution in [1.29, 1.82) is 0 Å². The SMILES string of the molecule is C=CCC(CCP(=O)(O)O)(C(=O)[O-])[N+](C)(C)C. The molecule has 1 atom stereocenters. The zero-order valence-corrected chi connectivity index (χ0v) is 11.3. The molecule has 0 saturated heterocycles. The topological polar surface area (TPSA) is 97.7 Å². The minimum absolute atomic E-state index is 0.0152. The second-order valence-electron chi connectivity index (χ2n) is 4.96. The van der Waals surface area contributed by atoms with Crippen molar-refractivity contribution < 1.29 is 28.7 Å². The quantitative estimate of drug-likeness (QED) is 0.361. The lowest BCUT2D eigenvalue weighted by Gasteiger charge is -2.46. The van der Waals surface area contributed by atoms with E-state index in [1.807, 2.05) is 0 Å². The molecule has 0 amide bonds. The number of carboxylic acids is 1. The Morgan fingerprint density at radius 2 is 1.94 bits per heavy atom. The third-order valence-electron chi connectivity index (χ3n) is 2.96. The zero-order chi connectivity index (χ0) is 13.9. The van der Waals surface area contributed by atoms with Crippen LogP contribution in [0, 0.1) is 0 Å². The Balaban J connectivity index is 5.27. The zero-order valence-electron chi connectivity index (χ0n) is 10.4. The molecule has 0 aromatic heterocycles. The molecule has 0 heterocycles. The molecule has 0 aromatic carbocycles. The van der Waals surface area contributed by atoms with Gasteiger partial charge in [0.15, 0.2) is 0 Å². The minimum atomic E-state index is -4.23. The Morgan fingerprint density at radius 3 is 2.18 bits per heavy atom. The number of carbonyl (C=O) groups excluding carboxylic acids is 1. The van der Waals surface area contributed by atoms with Gasteiger partial charge in [0.25, 0.3) is 0 Å². The van der Waals surface area contributed by atoms with Crippen molar-refractivity contribution in [3.63, 3.8) is 0 Å². The van der Waals surface area contributed by atoms with Gasteiger partial charge in [0, 0.05) is 12.8 Å². The van der Waals surface area contributed by atoms with Gasteiger partial charge in [-0.3, -0.25) is 4.57 Å². The molecule has 0 aliphatic rings. The van der Waals surface area contributed by atoms with Gasteiger partial charge in [0.2, 0.25) is 0 Å². The number of likely N-dealkylation sites (N-methyl/N-ethyl adjacent to an activating group) is 1. The summed E-state index contributed by atoms with van der Waals surface area (Å²) >= 11 is 0. The minimum Gasteiger partial charge on any atom is -0.544 e. The van der Waals surface area contributed by atoms with E-state index in [0.717, 1.165) is 0 Å². The van der Waals surface area contributed by atoms with Crippen molar-refractivity contribution in [3.05, 3.63) is 12.7 Å². The molecule has 0 saturated carbocycles. The highest BCUT2D eigenvalue weighted by molar-refractivity contribution is 7.51. The largest absolute Gasteiger partial charge is 0.544 e. The highest BCUT2D eigenvalue weighted by Gasteiger charge is 2.44. The van der Waals surface area contributed by atoms with Crippen molar-refractivity contribution in [2.24, 2.45) is 0 Å². The van der Waals surface area contributed by atoms with E-state index in [1.54, 1.807) is 21.1 Å². The lowest BCUT2D eigenvalue weighted by atomic mass is 9.88. The predicted molar refractivity (Wildman–Crippen MR) is 62.1 cm³/mol. The first-order valence-corrected chi connectivity index (χ1v) is 6.94. The molecule has 0 spiro atoms. The number of carbonyl (C=O) groups is 1. The summed E-state index contributed by atoms with van der Waals surface area (Å²) in [4.78, 5) is 29.1. The molecule has 17 heavy (non-hydrogen) atoms. The molecule has 7 heteroatoms. The van der Waals surface area contributed by atoms with E-state index in [2.05, 4.69) is 6.58 Å². The lowest BCUT2D eigenvalue weighted by molar-refractivity contribution is -0.916. The van der Waals surface area contributed by atoms with Crippen LogP contribution in [0.5, 0.6) is 0 Å². The van der Waals surface area contributed by atoms with Crippen LogP contribution in [0.2, 0.25) is 0 Å². The van der Waals surface area contributed by atoms with E-state index in [4.69, 9.17) is 9.79 Å². The Kier molecular flexibility index (Phi) is 5.10. The fourth-order valence-corrected chi connectivity index (χ4v) is 2.40. The smallest absolute Gasteiger partial charge is 0.325 e. The first kappa shape index (κ1) is 16.3. The molecule has 100 valence electrons. The van der Waals surface area contributed by atoms with Crippen LogP contribution in [0.15, 0.2) is 12.7 Å².